The van der Waals surface area contributed by atoms with Crippen molar-refractivity contribution in [3.05, 3.63) is 47.5 Å². The summed E-state index contributed by atoms with van der Waals surface area (Å²) in [4.78, 5) is 28.6. The van der Waals surface area contributed by atoms with E-state index in [9.17, 15) is 9.59 Å². The molecular formula is C22H26N2O5. The van der Waals surface area contributed by atoms with Gasteiger partial charge in [-0.2, -0.15) is 0 Å². The van der Waals surface area contributed by atoms with Crippen LogP contribution in [-0.4, -0.2) is 64.1 Å². The summed E-state index contributed by atoms with van der Waals surface area (Å²) in [6.07, 6.45) is 0. The summed E-state index contributed by atoms with van der Waals surface area (Å²) in [7, 11) is 4.61. The molecule has 1 heterocycles. The van der Waals surface area contributed by atoms with Gasteiger partial charge in [-0.05, 0) is 31.2 Å². The Morgan fingerprint density at radius 3 is 1.86 bits per heavy atom. The molecule has 1 aliphatic heterocycles. The molecule has 0 bridgehead atoms. The quantitative estimate of drug-likeness (QED) is 0.697. The van der Waals surface area contributed by atoms with Crippen LogP contribution in [-0.2, 0) is 0 Å². The van der Waals surface area contributed by atoms with Crippen LogP contribution in [0.1, 0.15) is 27.6 Å². The Bertz CT molecular complexity index is 887. The van der Waals surface area contributed by atoms with Crippen LogP contribution in [0.3, 0.4) is 0 Å². The predicted octanol–water partition coefficient (Wildman–Crippen LogP) is 2.88. The van der Waals surface area contributed by atoms with Gasteiger partial charge in [-0.25, -0.2) is 0 Å². The van der Waals surface area contributed by atoms with Crippen molar-refractivity contribution in [2.24, 2.45) is 0 Å². The number of piperazine rings is 1. The third kappa shape index (κ3) is 4.29. The van der Waals surface area contributed by atoms with E-state index in [1.807, 2.05) is 29.2 Å². The molecular weight excluding hydrogens is 372 g/mol. The Balaban J connectivity index is 1.72. The molecule has 0 radical (unpaired) electrons. The third-order valence-corrected chi connectivity index (χ3v) is 5.14. The fourth-order valence-electron chi connectivity index (χ4n) is 3.44. The van der Waals surface area contributed by atoms with Gasteiger partial charge in [-0.15, -0.1) is 0 Å². The smallest absolute Gasteiger partial charge is 0.257 e. The summed E-state index contributed by atoms with van der Waals surface area (Å²) in [6.45, 7) is 4.15. The number of rotatable bonds is 6. The molecule has 1 aliphatic rings. The maximum absolute atomic E-state index is 13.1. The van der Waals surface area contributed by atoms with Crippen molar-refractivity contribution in [1.82, 2.24) is 4.90 Å². The minimum absolute atomic E-state index is 0.0517. The largest absolute Gasteiger partial charge is 0.496 e. The monoisotopic (exact) mass is 398 g/mol. The van der Waals surface area contributed by atoms with Crippen LogP contribution in [0.25, 0.3) is 0 Å². The highest BCUT2D eigenvalue weighted by atomic mass is 16.5. The van der Waals surface area contributed by atoms with E-state index >= 15 is 0 Å². The second-order valence-corrected chi connectivity index (χ2v) is 6.79. The number of carbonyl (C=O) groups is 2. The molecule has 0 atom stereocenters. The molecule has 1 fully saturated rings. The van der Waals surface area contributed by atoms with Crippen LogP contribution in [0.15, 0.2) is 36.4 Å². The topological polar surface area (TPSA) is 68.3 Å². The fraction of sp³-hybridized carbons (Fsp3) is 0.364. The Labute approximate surface area is 170 Å². The first kappa shape index (κ1) is 20.5. The summed E-state index contributed by atoms with van der Waals surface area (Å²) >= 11 is 0. The molecule has 1 saturated heterocycles. The number of hydrogen-bond acceptors (Lipinski definition) is 6. The van der Waals surface area contributed by atoms with E-state index in [1.54, 1.807) is 26.2 Å². The second kappa shape index (κ2) is 8.86. The number of anilines is 1. The SMILES string of the molecule is COc1cc(OC)c(C(=O)N2CCN(c3ccc(C(C)=O)cc3)CC2)cc1OC. The Morgan fingerprint density at radius 2 is 1.34 bits per heavy atom. The highest BCUT2D eigenvalue weighted by Gasteiger charge is 2.26. The van der Waals surface area contributed by atoms with Gasteiger partial charge in [-0.1, -0.05) is 0 Å². The highest BCUT2D eigenvalue weighted by molar-refractivity contribution is 5.98. The van der Waals surface area contributed by atoms with Gasteiger partial charge in [0.05, 0.1) is 26.9 Å². The normalized spacial score (nSPS) is 13.8. The van der Waals surface area contributed by atoms with Crippen LogP contribution in [0.4, 0.5) is 5.69 Å². The first-order valence-electron chi connectivity index (χ1n) is 9.43. The minimum Gasteiger partial charge on any atom is -0.496 e. The first-order chi connectivity index (χ1) is 14.0. The zero-order chi connectivity index (χ0) is 21.0. The number of Topliss-reactive ketones (excluding diaryl/α,β-unsaturated/α-hetero) is 1. The summed E-state index contributed by atoms with van der Waals surface area (Å²) in [6, 6.07) is 10.9. The molecule has 0 saturated carbocycles. The van der Waals surface area contributed by atoms with Crippen LogP contribution in [0, 0.1) is 0 Å². The third-order valence-electron chi connectivity index (χ3n) is 5.14. The van der Waals surface area contributed by atoms with Crippen molar-refractivity contribution in [2.75, 3.05) is 52.4 Å². The lowest BCUT2D eigenvalue weighted by Gasteiger charge is -2.36. The number of methoxy groups -OCH3 is 3. The molecule has 0 aromatic heterocycles. The number of benzene rings is 2. The lowest BCUT2D eigenvalue weighted by molar-refractivity contribution is 0.0742. The minimum atomic E-state index is -0.102. The molecule has 2 aromatic rings. The molecule has 29 heavy (non-hydrogen) atoms. The van der Waals surface area contributed by atoms with Crippen molar-refractivity contribution in [3.8, 4) is 17.2 Å². The molecule has 3 rings (SSSR count). The van der Waals surface area contributed by atoms with E-state index in [-0.39, 0.29) is 11.7 Å². The predicted molar refractivity (Wildman–Crippen MR) is 111 cm³/mol. The number of hydrogen-bond donors (Lipinski definition) is 0. The van der Waals surface area contributed by atoms with Gasteiger partial charge in [0.15, 0.2) is 17.3 Å². The molecule has 0 aliphatic carbocycles. The zero-order valence-corrected chi connectivity index (χ0v) is 17.2. The lowest BCUT2D eigenvalue weighted by atomic mass is 10.1. The van der Waals surface area contributed by atoms with Crippen molar-refractivity contribution in [3.63, 3.8) is 0 Å². The Morgan fingerprint density at radius 1 is 0.793 bits per heavy atom. The maximum atomic E-state index is 13.1. The van der Waals surface area contributed by atoms with Gasteiger partial charge in [-0.3, -0.25) is 9.59 Å². The molecule has 1 amide bonds. The zero-order valence-electron chi connectivity index (χ0n) is 17.2. The van der Waals surface area contributed by atoms with Gasteiger partial charge in [0.1, 0.15) is 5.75 Å². The van der Waals surface area contributed by atoms with Gasteiger partial charge >= 0.3 is 0 Å². The van der Waals surface area contributed by atoms with E-state index in [2.05, 4.69) is 4.90 Å². The van der Waals surface area contributed by atoms with E-state index in [4.69, 9.17) is 14.2 Å². The highest BCUT2D eigenvalue weighted by Crippen LogP contribution is 2.35. The fourth-order valence-corrected chi connectivity index (χ4v) is 3.44. The van der Waals surface area contributed by atoms with Crippen molar-refractivity contribution < 1.29 is 23.8 Å². The van der Waals surface area contributed by atoms with Gasteiger partial charge in [0.2, 0.25) is 0 Å². The standard InChI is InChI=1S/C22H26N2O5/c1-15(25)16-5-7-17(8-6-16)23-9-11-24(12-10-23)22(26)18-13-20(28-3)21(29-4)14-19(18)27-2/h5-8,13-14H,9-12H2,1-4H3. The number of nitrogens with zero attached hydrogens (tertiary/aromatic N) is 2. The molecule has 0 spiro atoms. The molecule has 2 aromatic carbocycles. The average molecular weight is 398 g/mol. The average Bonchev–Trinajstić information content (AvgIpc) is 2.77. The first-order valence-corrected chi connectivity index (χ1v) is 9.43. The maximum Gasteiger partial charge on any atom is 0.257 e. The summed E-state index contributed by atoms with van der Waals surface area (Å²) in [5.74, 6) is 1.40. The van der Waals surface area contributed by atoms with E-state index in [0.29, 0.717) is 54.6 Å². The summed E-state index contributed by atoms with van der Waals surface area (Å²) in [5, 5.41) is 0. The molecule has 7 nitrogen and oxygen atoms in total. The number of ketones is 1. The van der Waals surface area contributed by atoms with E-state index in [0.717, 1.165) is 5.69 Å². The Kier molecular flexibility index (Phi) is 6.26. The van der Waals surface area contributed by atoms with Crippen molar-refractivity contribution in [1.29, 1.82) is 0 Å². The van der Waals surface area contributed by atoms with Gasteiger partial charge in [0.25, 0.3) is 5.91 Å². The summed E-state index contributed by atoms with van der Waals surface area (Å²) < 4.78 is 16.0. The van der Waals surface area contributed by atoms with Crippen LogP contribution < -0.4 is 19.1 Å². The van der Waals surface area contributed by atoms with E-state index in [1.165, 1.54) is 14.2 Å². The number of ether oxygens (including phenoxy) is 3. The number of amides is 1. The van der Waals surface area contributed by atoms with Crippen LogP contribution in [0.2, 0.25) is 0 Å². The van der Waals surface area contributed by atoms with Crippen molar-refractivity contribution in [2.45, 2.75) is 6.92 Å². The van der Waals surface area contributed by atoms with Crippen LogP contribution in [0.5, 0.6) is 17.2 Å². The number of carbonyl (C=O) groups excluding carboxylic acids is 2. The van der Waals surface area contributed by atoms with Crippen molar-refractivity contribution >= 4 is 17.4 Å². The lowest BCUT2D eigenvalue weighted by Crippen LogP contribution is -2.48. The van der Waals surface area contributed by atoms with E-state index < -0.39 is 0 Å². The molecule has 0 unspecified atom stereocenters. The second-order valence-electron chi connectivity index (χ2n) is 6.79. The Hall–Kier alpha value is -3.22. The molecule has 154 valence electrons. The summed E-state index contributed by atoms with van der Waals surface area (Å²) in [5.41, 5.74) is 2.19. The van der Waals surface area contributed by atoms with Crippen LogP contribution >= 0.6 is 0 Å². The molecule has 0 N–H and O–H groups in total. The molecule has 7 heteroatoms. The van der Waals surface area contributed by atoms with Gasteiger partial charge < -0.3 is 24.0 Å². The van der Waals surface area contributed by atoms with Gasteiger partial charge in [0, 0.05) is 49.6 Å².